The van der Waals surface area contributed by atoms with E-state index in [0.717, 1.165) is 31.0 Å². The molecule has 0 spiro atoms. The average Bonchev–Trinajstić information content (AvgIpc) is 3.20. The Bertz CT molecular complexity index is 1410. The minimum absolute atomic E-state index is 0.252. The molecule has 170 valence electrons. The number of benzene rings is 2. The number of aromatic nitrogens is 4. The molecule has 7 nitrogen and oxygen atoms in total. The highest BCUT2D eigenvalue weighted by molar-refractivity contribution is 5.77. The molecule has 1 aliphatic heterocycles. The molecule has 4 aromatic rings. The zero-order valence-corrected chi connectivity index (χ0v) is 19.4. The molecule has 1 aliphatic rings. The summed E-state index contributed by atoms with van der Waals surface area (Å²) in [5.41, 5.74) is 3.83. The van der Waals surface area contributed by atoms with Crippen molar-refractivity contribution in [2.45, 2.75) is 39.8 Å². The van der Waals surface area contributed by atoms with Gasteiger partial charge in [0.25, 0.3) is 5.56 Å². The van der Waals surface area contributed by atoms with Crippen molar-refractivity contribution in [1.82, 2.24) is 18.7 Å². The van der Waals surface area contributed by atoms with Gasteiger partial charge in [-0.25, -0.2) is 4.79 Å². The summed E-state index contributed by atoms with van der Waals surface area (Å²) in [6.45, 7) is 6.13. The first-order chi connectivity index (χ1) is 15.9. The second-order valence-electron chi connectivity index (χ2n) is 9.13. The van der Waals surface area contributed by atoms with E-state index in [4.69, 9.17) is 4.98 Å². The molecule has 0 N–H and O–H groups in total. The van der Waals surface area contributed by atoms with Crippen molar-refractivity contribution in [2.24, 2.45) is 13.0 Å². The van der Waals surface area contributed by atoms with Crippen molar-refractivity contribution in [3.63, 3.8) is 0 Å². The van der Waals surface area contributed by atoms with E-state index < -0.39 is 0 Å². The van der Waals surface area contributed by atoms with Gasteiger partial charge in [-0.15, -0.1) is 0 Å². The van der Waals surface area contributed by atoms with Crippen molar-refractivity contribution in [3.8, 4) is 0 Å². The molecule has 7 heteroatoms. The van der Waals surface area contributed by atoms with Crippen LogP contribution in [0.25, 0.3) is 11.2 Å². The zero-order chi connectivity index (χ0) is 23.1. The van der Waals surface area contributed by atoms with Gasteiger partial charge in [0.15, 0.2) is 11.2 Å². The van der Waals surface area contributed by atoms with Gasteiger partial charge in [0, 0.05) is 32.4 Å². The Morgan fingerprint density at radius 2 is 1.73 bits per heavy atom. The van der Waals surface area contributed by atoms with E-state index in [2.05, 4.69) is 55.1 Å². The lowest BCUT2D eigenvalue weighted by atomic mass is 10.1. The summed E-state index contributed by atoms with van der Waals surface area (Å²) in [5, 5.41) is 0. The number of hydrogen-bond donors (Lipinski definition) is 0. The predicted molar refractivity (Wildman–Crippen MR) is 131 cm³/mol. The number of imidazole rings is 1. The monoisotopic (exact) mass is 443 g/mol. The normalized spacial score (nSPS) is 15.7. The molecule has 2 aromatic carbocycles. The molecule has 1 atom stereocenters. The van der Waals surface area contributed by atoms with Crippen LogP contribution in [-0.2, 0) is 26.6 Å². The lowest BCUT2D eigenvalue weighted by Crippen LogP contribution is -2.40. The molecule has 0 saturated heterocycles. The third-order valence-electron chi connectivity index (χ3n) is 6.48. The van der Waals surface area contributed by atoms with Gasteiger partial charge in [0.05, 0.1) is 0 Å². The van der Waals surface area contributed by atoms with Gasteiger partial charge < -0.3 is 9.47 Å². The molecular weight excluding hydrogens is 414 g/mol. The van der Waals surface area contributed by atoms with Crippen molar-refractivity contribution in [2.75, 3.05) is 11.4 Å². The maximum Gasteiger partial charge on any atom is 0.332 e. The van der Waals surface area contributed by atoms with Crippen LogP contribution in [0.1, 0.15) is 24.5 Å². The number of hydrogen-bond acceptors (Lipinski definition) is 4. The highest BCUT2D eigenvalue weighted by atomic mass is 16.2. The molecule has 0 aliphatic carbocycles. The molecule has 3 heterocycles. The second kappa shape index (κ2) is 8.39. The summed E-state index contributed by atoms with van der Waals surface area (Å²) in [7, 11) is 1.70. The van der Waals surface area contributed by atoms with E-state index >= 15 is 0 Å². The third-order valence-corrected chi connectivity index (χ3v) is 6.48. The molecule has 5 rings (SSSR count). The van der Waals surface area contributed by atoms with Crippen LogP contribution in [0.15, 0.2) is 64.2 Å². The fourth-order valence-electron chi connectivity index (χ4n) is 4.73. The van der Waals surface area contributed by atoms with Gasteiger partial charge in [-0.1, -0.05) is 55.0 Å². The second-order valence-corrected chi connectivity index (χ2v) is 9.13. The van der Waals surface area contributed by atoms with Crippen molar-refractivity contribution < 1.29 is 0 Å². The summed E-state index contributed by atoms with van der Waals surface area (Å²) in [6.07, 6.45) is 1.54. The SMILES string of the molecule is Cc1ccc(N2CC(C)Cn3c2nc2c3c(=O)n(CCCc3ccccc3)c(=O)n2C)cc1. The van der Waals surface area contributed by atoms with Gasteiger partial charge in [-0.3, -0.25) is 13.9 Å². The molecular formula is C26H29N5O2. The summed E-state index contributed by atoms with van der Waals surface area (Å²) >= 11 is 0. The third kappa shape index (κ3) is 3.77. The summed E-state index contributed by atoms with van der Waals surface area (Å²) in [6, 6.07) is 18.5. The van der Waals surface area contributed by atoms with Crippen LogP contribution in [-0.4, -0.2) is 25.2 Å². The smallest absolute Gasteiger partial charge is 0.312 e. The average molecular weight is 444 g/mol. The van der Waals surface area contributed by atoms with Crippen molar-refractivity contribution in [3.05, 3.63) is 86.6 Å². The van der Waals surface area contributed by atoms with E-state index in [1.54, 1.807) is 7.05 Å². The number of aryl methyl sites for hydroxylation is 3. The Kier molecular flexibility index (Phi) is 5.40. The lowest BCUT2D eigenvalue weighted by Gasteiger charge is -2.33. The largest absolute Gasteiger partial charge is 0.332 e. The number of rotatable bonds is 5. The Labute approximate surface area is 192 Å². The molecule has 0 bridgehead atoms. The van der Waals surface area contributed by atoms with E-state index in [1.807, 2.05) is 22.8 Å². The van der Waals surface area contributed by atoms with Gasteiger partial charge in [0.1, 0.15) is 0 Å². The molecule has 1 unspecified atom stereocenters. The van der Waals surface area contributed by atoms with Crippen LogP contribution >= 0.6 is 0 Å². The standard InChI is InChI=1S/C26H29N5O2/c1-18-11-13-21(14-12-18)30-16-19(2)17-31-22-23(27-25(30)31)28(3)26(33)29(24(22)32)15-7-10-20-8-5-4-6-9-20/h4-6,8-9,11-14,19H,7,10,15-17H2,1-3H3. The molecule has 0 amide bonds. The minimum atomic E-state index is -0.314. The first kappa shape index (κ1) is 21.2. The molecule has 0 saturated carbocycles. The number of nitrogens with zero attached hydrogens (tertiary/aromatic N) is 5. The molecule has 0 fully saturated rings. The van der Waals surface area contributed by atoms with E-state index in [9.17, 15) is 9.59 Å². The highest BCUT2D eigenvalue weighted by Gasteiger charge is 2.29. The van der Waals surface area contributed by atoms with Gasteiger partial charge >= 0.3 is 5.69 Å². The minimum Gasteiger partial charge on any atom is -0.312 e. The van der Waals surface area contributed by atoms with Crippen LogP contribution < -0.4 is 16.1 Å². The molecule has 0 radical (unpaired) electrons. The Morgan fingerprint density at radius 3 is 2.45 bits per heavy atom. The summed E-state index contributed by atoms with van der Waals surface area (Å²) < 4.78 is 4.89. The van der Waals surface area contributed by atoms with Crippen molar-refractivity contribution >= 4 is 22.8 Å². The van der Waals surface area contributed by atoms with Crippen molar-refractivity contribution in [1.29, 1.82) is 0 Å². The molecule has 33 heavy (non-hydrogen) atoms. The van der Waals surface area contributed by atoms with Gasteiger partial charge in [0.2, 0.25) is 5.95 Å². The lowest BCUT2D eigenvalue weighted by molar-refractivity contribution is 0.457. The molecule has 2 aromatic heterocycles. The first-order valence-corrected chi connectivity index (χ1v) is 11.5. The quantitative estimate of drug-likeness (QED) is 0.473. The highest BCUT2D eigenvalue weighted by Crippen LogP contribution is 2.32. The number of anilines is 2. The fourth-order valence-corrected chi connectivity index (χ4v) is 4.73. The van der Waals surface area contributed by atoms with Crippen LogP contribution in [0.5, 0.6) is 0 Å². The summed E-state index contributed by atoms with van der Waals surface area (Å²) in [4.78, 5) is 33.6. The van der Waals surface area contributed by atoms with Crippen LogP contribution in [0.2, 0.25) is 0 Å². The first-order valence-electron chi connectivity index (χ1n) is 11.5. The Balaban J connectivity index is 1.57. The Hall–Kier alpha value is -3.61. The van der Waals surface area contributed by atoms with E-state index in [-0.39, 0.29) is 11.2 Å². The topological polar surface area (TPSA) is 65.1 Å². The van der Waals surface area contributed by atoms with Gasteiger partial charge in [-0.2, -0.15) is 4.98 Å². The Morgan fingerprint density at radius 1 is 1.00 bits per heavy atom. The van der Waals surface area contributed by atoms with E-state index in [1.165, 1.54) is 20.3 Å². The predicted octanol–water partition coefficient (Wildman–Crippen LogP) is 3.63. The van der Waals surface area contributed by atoms with E-state index in [0.29, 0.717) is 30.2 Å². The fraction of sp³-hybridized carbons (Fsp3) is 0.346. The van der Waals surface area contributed by atoms with Crippen LogP contribution in [0.3, 0.4) is 0 Å². The van der Waals surface area contributed by atoms with Gasteiger partial charge in [-0.05, 0) is 43.4 Å². The maximum atomic E-state index is 13.5. The van der Waals surface area contributed by atoms with Crippen LogP contribution in [0.4, 0.5) is 11.6 Å². The van der Waals surface area contributed by atoms with Crippen LogP contribution in [0, 0.1) is 12.8 Å². The summed E-state index contributed by atoms with van der Waals surface area (Å²) in [5.74, 6) is 1.06. The maximum absolute atomic E-state index is 13.5. The zero-order valence-electron chi connectivity index (χ0n) is 19.4. The number of fused-ring (bicyclic) bond motifs is 3.